The minimum absolute atomic E-state index is 0.0400. The van der Waals surface area contributed by atoms with Crippen LogP contribution >= 0.6 is 0 Å². The van der Waals surface area contributed by atoms with Crippen LogP contribution in [-0.4, -0.2) is 64.7 Å². The first kappa shape index (κ1) is 14.5. The Hall–Kier alpha value is -1.47. The molecule has 1 aromatic heterocycles. The quantitative estimate of drug-likeness (QED) is 0.747. The van der Waals surface area contributed by atoms with Gasteiger partial charge in [0.1, 0.15) is 6.04 Å². The monoisotopic (exact) mass is 294 g/mol. The van der Waals surface area contributed by atoms with Crippen LogP contribution in [0.4, 0.5) is 0 Å². The molecule has 3 rings (SSSR count). The first-order chi connectivity index (χ1) is 10.3. The number of hydrogen-bond acceptors (Lipinski definition) is 7. The Morgan fingerprint density at radius 3 is 2.90 bits per heavy atom. The van der Waals surface area contributed by atoms with Crippen molar-refractivity contribution in [1.29, 1.82) is 0 Å². The molecule has 7 heteroatoms. The van der Waals surface area contributed by atoms with E-state index in [4.69, 9.17) is 9.26 Å². The average Bonchev–Trinajstić information content (AvgIpc) is 3.04. The second-order valence-corrected chi connectivity index (χ2v) is 5.60. The van der Waals surface area contributed by atoms with E-state index in [1.165, 1.54) is 0 Å². The highest BCUT2D eigenvalue weighted by molar-refractivity contribution is 5.77. The van der Waals surface area contributed by atoms with Crippen molar-refractivity contribution in [2.24, 2.45) is 0 Å². The van der Waals surface area contributed by atoms with Crippen LogP contribution < -0.4 is 0 Å². The van der Waals surface area contributed by atoms with Gasteiger partial charge in [-0.15, -0.1) is 0 Å². The predicted octanol–water partition coefficient (Wildman–Crippen LogP) is 0.455. The number of carbonyl (C=O) groups excluding carboxylic acids is 1. The average molecular weight is 294 g/mol. The van der Waals surface area contributed by atoms with E-state index in [0.29, 0.717) is 19.0 Å². The summed E-state index contributed by atoms with van der Waals surface area (Å²) in [7, 11) is 0. The summed E-state index contributed by atoms with van der Waals surface area (Å²) in [4.78, 5) is 20.6. The molecule has 7 nitrogen and oxygen atoms in total. The smallest absolute Gasteiger partial charge is 0.323 e. The van der Waals surface area contributed by atoms with E-state index in [1.807, 2.05) is 6.92 Å². The van der Waals surface area contributed by atoms with Crippen LogP contribution in [0.5, 0.6) is 0 Å². The van der Waals surface area contributed by atoms with E-state index in [-0.39, 0.29) is 12.0 Å². The third-order valence-corrected chi connectivity index (χ3v) is 4.15. The molecule has 0 unspecified atom stereocenters. The lowest BCUT2D eigenvalue weighted by Gasteiger charge is -2.24. The summed E-state index contributed by atoms with van der Waals surface area (Å²) in [5.41, 5.74) is 0. The van der Waals surface area contributed by atoms with Crippen LogP contribution in [0.1, 0.15) is 31.5 Å². The van der Waals surface area contributed by atoms with Crippen molar-refractivity contribution in [3.8, 4) is 0 Å². The fraction of sp³-hybridized carbons (Fsp3) is 0.786. The van der Waals surface area contributed by atoms with Gasteiger partial charge >= 0.3 is 5.97 Å². The number of nitrogens with zero attached hydrogens (tertiary/aromatic N) is 4. The van der Waals surface area contributed by atoms with E-state index in [1.54, 1.807) is 0 Å². The second-order valence-electron chi connectivity index (χ2n) is 5.60. The largest absolute Gasteiger partial charge is 0.464 e. The van der Waals surface area contributed by atoms with Gasteiger partial charge in [-0.3, -0.25) is 14.6 Å². The first-order valence-corrected chi connectivity index (χ1v) is 7.70. The first-order valence-electron chi connectivity index (χ1n) is 7.70. The number of aromatic nitrogens is 2. The molecule has 2 aliphatic rings. The summed E-state index contributed by atoms with van der Waals surface area (Å²) in [6.07, 6.45) is 2.64. The SMILES string of the molecule is CCc1nc(CN2CCCN([C@@H]3CCOC3=O)CC2)no1. The lowest BCUT2D eigenvalue weighted by Crippen LogP contribution is -2.41. The van der Waals surface area contributed by atoms with Gasteiger partial charge in [-0.25, -0.2) is 0 Å². The van der Waals surface area contributed by atoms with Gasteiger partial charge in [-0.1, -0.05) is 12.1 Å². The number of cyclic esters (lactones) is 1. The topological polar surface area (TPSA) is 71.7 Å². The number of hydrogen-bond donors (Lipinski definition) is 0. The van der Waals surface area contributed by atoms with Gasteiger partial charge < -0.3 is 9.26 Å². The van der Waals surface area contributed by atoms with Crippen LogP contribution in [0.15, 0.2) is 4.52 Å². The van der Waals surface area contributed by atoms with Crippen molar-refractivity contribution >= 4 is 5.97 Å². The van der Waals surface area contributed by atoms with Gasteiger partial charge in [0.2, 0.25) is 5.89 Å². The molecular formula is C14H22N4O3. The molecule has 0 radical (unpaired) electrons. The Labute approximate surface area is 124 Å². The zero-order valence-electron chi connectivity index (χ0n) is 12.5. The van der Waals surface area contributed by atoms with E-state index in [0.717, 1.165) is 51.3 Å². The molecule has 2 saturated heterocycles. The van der Waals surface area contributed by atoms with Crippen LogP contribution in [0.3, 0.4) is 0 Å². The van der Waals surface area contributed by atoms with Crippen LogP contribution in [0.2, 0.25) is 0 Å². The van der Waals surface area contributed by atoms with Crippen molar-refractivity contribution in [2.75, 3.05) is 32.8 Å². The second kappa shape index (κ2) is 6.53. The summed E-state index contributed by atoms with van der Waals surface area (Å²) in [5.74, 6) is 1.38. The highest BCUT2D eigenvalue weighted by Crippen LogP contribution is 2.17. The molecule has 1 aromatic rings. The maximum atomic E-state index is 11.7. The Morgan fingerprint density at radius 1 is 1.29 bits per heavy atom. The normalized spacial score (nSPS) is 25.0. The van der Waals surface area contributed by atoms with Gasteiger partial charge in [-0.05, 0) is 13.0 Å². The molecule has 0 aromatic carbocycles. The summed E-state index contributed by atoms with van der Waals surface area (Å²) < 4.78 is 10.2. The van der Waals surface area contributed by atoms with Gasteiger partial charge in [0.25, 0.3) is 0 Å². The minimum atomic E-state index is -0.0609. The lowest BCUT2D eigenvalue weighted by atomic mass is 10.2. The van der Waals surface area contributed by atoms with Crippen molar-refractivity contribution < 1.29 is 14.1 Å². The predicted molar refractivity (Wildman–Crippen MR) is 74.5 cm³/mol. The zero-order valence-corrected chi connectivity index (χ0v) is 12.5. The fourth-order valence-electron chi connectivity index (χ4n) is 2.98. The third kappa shape index (κ3) is 3.41. The minimum Gasteiger partial charge on any atom is -0.464 e. The van der Waals surface area contributed by atoms with E-state index >= 15 is 0 Å². The molecule has 0 spiro atoms. The van der Waals surface area contributed by atoms with E-state index in [2.05, 4.69) is 19.9 Å². The molecule has 2 aliphatic heterocycles. The number of aryl methyl sites for hydroxylation is 1. The molecule has 3 heterocycles. The van der Waals surface area contributed by atoms with Crippen molar-refractivity contribution in [3.05, 3.63) is 11.7 Å². The maximum absolute atomic E-state index is 11.7. The van der Waals surface area contributed by atoms with Gasteiger partial charge in [0, 0.05) is 32.5 Å². The molecule has 0 bridgehead atoms. The molecule has 0 N–H and O–H groups in total. The molecule has 1 atom stereocenters. The summed E-state index contributed by atoms with van der Waals surface area (Å²) in [6.45, 7) is 7.02. The standard InChI is InChI=1S/C14H22N4O3/c1-2-13-15-12(16-21-13)10-17-5-3-6-18(8-7-17)11-4-9-20-14(11)19/h11H,2-10H2,1H3/t11-/m1/s1. The highest BCUT2D eigenvalue weighted by atomic mass is 16.5. The van der Waals surface area contributed by atoms with Gasteiger partial charge in [0.15, 0.2) is 5.82 Å². The van der Waals surface area contributed by atoms with E-state index < -0.39 is 0 Å². The zero-order chi connectivity index (χ0) is 14.7. The summed E-state index contributed by atoms with van der Waals surface area (Å²) in [5, 5.41) is 4.00. The number of carbonyl (C=O) groups is 1. The third-order valence-electron chi connectivity index (χ3n) is 4.15. The Kier molecular flexibility index (Phi) is 4.50. The maximum Gasteiger partial charge on any atom is 0.323 e. The van der Waals surface area contributed by atoms with E-state index in [9.17, 15) is 4.79 Å². The number of rotatable bonds is 4. The van der Waals surface area contributed by atoms with Crippen LogP contribution in [0.25, 0.3) is 0 Å². The Bertz CT molecular complexity index is 490. The number of ether oxygens (including phenoxy) is 1. The molecular weight excluding hydrogens is 272 g/mol. The fourth-order valence-corrected chi connectivity index (χ4v) is 2.98. The van der Waals surface area contributed by atoms with Gasteiger partial charge in [0.05, 0.1) is 13.2 Å². The molecule has 0 aliphatic carbocycles. The van der Waals surface area contributed by atoms with Crippen LogP contribution in [0, 0.1) is 0 Å². The molecule has 0 saturated carbocycles. The van der Waals surface area contributed by atoms with Gasteiger partial charge in [-0.2, -0.15) is 4.98 Å². The Balaban J connectivity index is 1.54. The molecule has 2 fully saturated rings. The molecule has 116 valence electrons. The van der Waals surface area contributed by atoms with Crippen molar-refractivity contribution in [1.82, 2.24) is 19.9 Å². The van der Waals surface area contributed by atoms with Crippen molar-refractivity contribution in [3.63, 3.8) is 0 Å². The summed E-state index contributed by atoms with van der Waals surface area (Å²) >= 11 is 0. The Morgan fingerprint density at radius 2 is 2.19 bits per heavy atom. The molecule has 21 heavy (non-hydrogen) atoms. The molecule has 0 amide bonds. The van der Waals surface area contributed by atoms with Crippen molar-refractivity contribution in [2.45, 2.75) is 38.8 Å². The number of esters is 1. The lowest BCUT2D eigenvalue weighted by molar-refractivity contribution is -0.142. The van der Waals surface area contributed by atoms with Crippen LogP contribution in [-0.2, 0) is 22.5 Å². The summed E-state index contributed by atoms with van der Waals surface area (Å²) in [6, 6.07) is -0.0400. The highest BCUT2D eigenvalue weighted by Gasteiger charge is 2.33.